The lowest BCUT2D eigenvalue weighted by molar-refractivity contribution is -0.127. The third-order valence-electron chi connectivity index (χ3n) is 8.73. The molecule has 11 nitrogen and oxygen atoms in total. The number of nitrogens with zero attached hydrogens (tertiary/aromatic N) is 5. The lowest BCUT2D eigenvalue weighted by atomic mass is 9.84. The van der Waals surface area contributed by atoms with Gasteiger partial charge in [0.2, 0.25) is 11.7 Å². The number of anilines is 1. The molecule has 1 saturated carbocycles. The highest BCUT2D eigenvalue weighted by atomic mass is 32.1. The van der Waals surface area contributed by atoms with Gasteiger partial charge in [-0.25, -0.2) is 0 Å². The van der Waals surface area contributed by atoms with Crippen molar-refractivity contribution < 1.29 is 23.8 Å². The van der Waals surface area contributed by atoms with E-state index in [-0.39, 0.29) is 24.5 Å². The third kappa shape index (κ3) is 7.23. The molecule has 3 heterocycles. The first-order valence-electron chi connectivity index (χ1n) is 15.9. The van der Waals surface area contributed by atoms with Crippen LogP contribution in [0.5, 0.6) is 11.5 Å². The SMILES string of the molecule is COc1ccc(-c2nnn(CC(=O)N(c3ccc(C4CCCCC4)cc3)C(C(=O)NCC3CCCO3)c3cccs3)n2)cc1OC. The van der Waals surface area contributed by atoms with E-state index in [1.54, 1.807) is 37.3 Å². The summed E-state index contributed by atoms with van der Waals surface area (Å²) in [6.07, 6.45) is 7.94. The van der Waals surface area contributed by atoms with Crippen LogP contribution >= 0.6 is 11.3 Å². The fourth-order valence-corrected chi connectivity index (χ4v) is 7.13. The number of nitrogens with one attached hydrogen (secondary N) is 1. The molecule has 46 heavy (non-hydrogen) atoms. The molecule has 2 aromatic heterocycles. The molecular formula is C34H40N6O5S. The van der Waals surface area contributed by atoms with Crippen LogP contribution in [0.25, 0.3) is 11.4 Å². The maximum atomic E-state index is 14.3. The summed E-state index contributed by atoms with van der Waals surface area (Å²) in [5.41, 5.74) is 2.57. The zero-order valence-electron chi connectivity index (χ0n) is 26.3. The molecule has 2 fully saturated rings. The van der Waals surface area contributed by atoms with E-state index >= 15 is 0 Å². The highest BCUT2D eigenvalue weighted by molar-refractivity contribution is 7.10. The average molecular weight is 645 g/mol. The fourth-order valence-electron chi connectivity index (χ4n) is 6.32. The van der Waals surface area contributed by atoms with Crippen molar-refractivity contribution in [2.45, 2.75) is 69.6 Å². The van der Waals surface area contributed by atoms with Crippen molar-refractivity contribution in [2.75, 3.05) is 32.3 Å². The van der Waals surface area contributed by atoms with E-state index in [0.717, 1.165) is 17.7 Å². The first kappa shape index (κ1) is 31.7. The van der Waals surface area contributed by atoms with Gasteiger partial charge in [-0.15, -0.1) is 21.5 Å². The molecule has 1 aliphatic carbocycles. The highest BCUT2D eigenvalue weighted by Crippen LogP contribution is 2.36. The summed E-state index contributed by atoms with van der Waals surface area (Å²) in [6.45, 7) is 0.872. The fraction of sp³-hybridized carbons (Fsp3) is 0.441. The molecule has 2 aromatic carbocycles. The number of rotatable bonds is 12. The topological polar surface area (TPSA) is 121 Å². The van der Waals surface area contributed by atoms with Gasteiger partial charge in [0.05, 0.1) is 20.3 Å². The standard InChI is InChI=1S/C34H40N6O5S/c1-43-28-17-14-25(20-29(28)44-2)33-36-38-39(37-33)22-31(41)40(26-15-12-24(13-16-26)23-8-4-3-5-9-23)32(30-11-7-19-46-30)34(42)35-21-27-10-6-18-45-27/h7,11-17,19-20,23,27,32H,3-6,8-10,18,21-22H2,1-2H3,(H,35,42). The van der Waals surface area contributed by atoms with Crippen molar-refractivity contribution in [3.63, 3.8) is 0 Å². The highest BCUT2D eigenvalue weighted by Gasteiger charge is 2.35. The Morgan fingerprint density at radius 3 is 2.52 bits per heavy atom. The van der Waals surface area contributed by atoms with E-state index in [9.17, 15) is 9.59 Å². The molecule has 1 N–H and O–H groups in total. The minimum atomic E-state index is -0.886. The van der Waals surface area contributed by atoms with Crippen LogP contribution in [-0.2, 0) is 20.9 Å². The summed E-state index contributed by atoms with van der Waals surface area (Å²) in [6, 6.07) is 16.3. The Morgan fingerprint density at radius 2 is 1.83 bits per heavy atom. The monoisotopic (exact) mass is 644 g/mol. The Morgan fingerprint density at radius 1 is 1.02 bits per heavy atom. The van der Waals surface area contributed by atoms with Crippen molar-refractivity contribution >= 4 is 28.8 Å². The number of amides is 2. The second-order valence-corrected chi connectivity index (χ2v) is 12.7. The third-order valence-corrected chi connectivity index (χ3v) is 9.66. The van der Waals surface area contributed by atoms with E-state index in [1.807, 2.05) is 29.6 Å². The van der Waals surface area contributed by atoms with Crippen LogP contribution in [-0.4, -0.2) is 65.5 Å². The number of carbonyl (C=O) groups excluding carboxylic acids is 2. The van der Waals surface area contributed by atoms with Gasteiger partial charge in [-0.05, 0) is 84.2 Å². The number of thiophene rings is 1. The van der Waals surface area contributed by atoms with Gasteiger partial charge >= 0.3 is 0 Å². The van der Waals surface area contributed by atoms with Gasteiger partial charge in [-0.3, -0.25) is 14.5 Å². The van der Waals surface area contributed by atoms with Crippen LogP contribution in [0.2, 0.25) is 0 Å². The van der Waals surface area contributed by atoms with Gasteiger partial charge < -0.3 is 19.5 Å². The van der Waals surface area contributed by atoms with Crippen molar-refractivity contribution in [3.8, 4) is 22.9 Å². The number of hydrogen-bond acceptors (Lipinski definition) is 9. The maximum absolute atomic E-state index is 14.3. The Hall–Kier alpha value is -4.29. The minimum Gasteiger partial charge on any atom is -0.493 e. The quantitative estimate of drug-likeness (QED) is 0.214. The first-order valence-corrected chi connectivity index (χ1v) is 16.8. The van der Waals surface area contributed by atoms with E-state index in [2.05, 4.69) is 32.9 Å². The summed E-state index contributed by atoms with van der Waals surface area (Å²) in [5, 5.41) is 17.8. The Kier molecular flexibility index (Phi) is 10.2. The molecule has 0 spiro atoms. The molecule has 2 atom stereocenters. The lowest BCUT2D eigenvalue weighted by Crippen LogP contribution is -2.46. The van der Waals surface area contributed by atoms with Crippen molar-refractivity contribution in [1.29, 1.82) is 0 Å². The van der Waals surface area contributed by atoms with Crippen LogP contribution < -0.4 is 19.7 Å². The van der Waals surface area contributed by atoms with E-state index in [0.29, 0.717) is 47.6 Å². The van der Waals surface area contributed by atoms with Crippen molar-refractivity contribution in [2.24, 2.45) is 0 Å². The van der Waals surface area contributed by atoms with Crippen LogP contribution in [0, 0.1) is 0 Å². The smallest absolute Gasteiger partial charge is 0.251 e. The number of hydrogen-bond donors (Lipinski definition) is 1. The molecule has 12 heteroatoms. The number of tetrazole rings is 1. The Labute approximate surface area is 272 Å². The predicted octanol–water partition coefficient (Wildman–Crippen LogP) is 5.54. The molecule has 0 radical (unpaired) electrons. The second-order valence-electron chi connectivity index (χ2n) is 11.7. The average Bonchev–Trinajstić information content (AvgIpc) is 3.91. The van der Waals surface area contributed by atoms with E-state index < -0.39 is 6.04 Å². The molecule has 6 rings (SSSR count). The summed E-state index contributed by atoms with van der Waals surface area (Å²) in [4.78, 5) is 31.8. The van der Waals surface area contributed by atoms with Gasteiger partial charge in [0.1, 0.15) is 12.6 Å². The molecule has 2 unspecified atom stereocenters. The molecule has 242 valence electrons. The molecule has 0 bridgehead atoms. The summed E-state index contributed by atoms with van der Waals surface area (Å²) in [5.74, 6) is 1.36. The number of methoxy groups -OCH3 is 2. The van der Waals surface area contributed by atoms with Crippen LogP contribution in [0.15, 0.2) is 60.0 Å². The first-order chi connectivity index (χ1) is 22.5. The van der Waals surface area contributed by atoms with Gasteiger partial charge in [0, 0.05) is 29.3 Å². The molecule has 1 saturated heterocycles. The van der Waals surface area contributed by atoms with Crippen LogP contribution in [0.1, 0.15) is 67.3 Å². The van der Waals surface area contributed by atoms with E-state index in [4.69, 9.17) is 14.2 Å². The zero-order chi connectivity index (χ0) is 31.9. The van der Waals surface area contributed by atoms with Crippen LogP contribution in [0.4, 0.5) is 5.69 Å². The largest absolute Gasteiger partial charge is 0.493 e. The van der Waals surface area contributed by atoms with Gasteiger partial charge in [0.15, 0.2) is 11.5 Å². The maximum Gasteiger partial charge on any atom is 0.251 e. The second kappa shape index (κ2) is 14.9. The molecule has 1 aliphatic heterocycles. The molecule has 4 aromatic rings. The minimum absolute atomic E-state index is 0.0267. The number of ether oxygens (including phenoxy) is 3. The van der Waals surface area contributed by atoms with Crippen LogP contribution in [0.3, 0.4) is 0 Å². The summed E-state index contributed by atoms with van der Waals surface area (Å²) in [7, 11) is 3.13. The number of benzene rings is 2. The Bertz CT molecular complexity index is 1600. The zero-order valence-corrected chi connectivity index (χ0v) is 27.1. The number of carbonyl (C=O) groups is 2. The molecule has 2 aliphatic rings. The predicted molar refractivity (Wildman–Crippen MR) is 175 cm³/mol. The molecule has 2 amide bonds. The van der Waals surface area contributed by atoms with Gasteiger partial charge in [-0.1, -0.05) is 37.5 Å². The molecular weight excluding hydrogens is 604 g/mol. The summed E-state index contributed by atoms with van der Waals surface area (Å²) < 4.78 is 16.5. The van der Waals surface area contributed by atoms with Crippen molar-refractivity contribution in [3.05, 3.63) is 70.4 Å². The van der Waals surface area contributed by atoms with Crippen molar-refractivity contribution in [1.82, 2.24) is 25.5 Å². The summed E-state index contributed by atoms with van der Waals surface area (Å²) >= 11 is 1.44. The normalized spacial score (nSPS) is 17.4. The van der Waals surface area contributed by atoms with Gasteiger partial charge in [-0.2, -0.15) is 4.80 Å². The Balaban J connectivity index is 1.29. The number of aromatic nitrogens is 4. The van der Waals surface area contributed by atoms with E-state index in [1.165, 1.54) is 53.8 Å². The lowest BCUT2D eigenvalue weighted by Gasteiger charge is -2.31. The van der Waals surface area contributed by atoms with Gasteiger partial charge in [0.25, 0.3) is 5.91 Å².